The van der Waals surface area contributed by atoms with Crippen LogP contribution in [-0.2, 0) is 4.79 Å². The van der Waals surface area contributed by atoms with E-state index in [9.17, 15) is 9.59 Å². The zero-order chi connectivity index (χ0) is 13.5. The van der Waals surface area contributed by atoms with Gasteiger partial charge in [-0.15, -0.1) is 0 Å². The Morgan fingerprint density at radius 2 is 1.78 bits per heavy atom. The molecule has 0 aliphatic heterocycles. The van der Waals surface area contributed by atoms with Crippen LogP contribution in [0.3, 0.4) is 0 Å². The number of urea groups is 1. The van der Waals surface area contributed by atoms with E-state index in [0.29, 0.717) is 12.5 Å². The van der Waals surface area contributed by atoms with E-state index in [1.54, 1.807) is 0 Å². The molecule has 1 aliphatic rings. The number of aliphatic carboxylic acids is 1. The predicted octanol–water partition coefficient (Wildman–Crippen LogP) is 1.98. The molecule has 1 atom stereocenters. The van der Waals surface area contributed by atoms with Crippen molar-refractivity contribution in [3.8, 4) is 0 Å². The maximum Gasteiger partial charge on any atom is 0.325 e. The van der Waals surface area contributed by atoms with E-state index in [2.05, 4.69) is 17.6 Å². The third kappa shape index (κ3) is 4.94. The second-order valence-electron chi connectivity index (χ2n) is 5.21. The van der Waals surface area contributed by atoms with E-state index in [1.165, 1.54) is 26.2 Å². The highest BCUT2D eigenvalue weighted by atomic mass is 16.4. The quantitative estimate of drug-likeness (QED) is 0.703. The monoisotopic (exact) mass is 256 g/mol. The first-order valence-electron chi connectivity index (χ1n) is 6.80. The largest absolute Gasteiger partial charge is 0.480 e. The number of carboxylic acids is 1. The molecule has 2 amide bonds. The van der Waals surface area contributed by atoms with Gasteiger partial charge in [-0.3, -0.25) is 4.79 Å². The Kier molecular flexibility index (Phi) is 5.95. The molecule has 1 rings (SSSR count). The molecular formula is C13H24N2O3. The molecule has 5 nitrogen and oxygen atoms in total. The first-order chi connectivity index (χ1) is 8.52. The summed E-state index contributed by atoms with van der Waals surface area (Å²) in [6.07, 6.45) is 6.06. The highest BCUT2D eigenvalue weighted by molar-refractivity contribution is 5.82. The molecule has 0 bridgehead atoms. The van der Waals surface area contributed by atoms with E-state index in [0.717, 1.165) is 18.8 Å². The van der Waals surface area contributed by atoms with Crippen molar-refractivity contribution >= 4 is 12.0 Å². The van der Waals surface area contributed by atoms with Crippen LogP contribution in [0.1, 0.15) is 46.0 Å². The fourth-order valence-electron chi connectivity index (χ4n) is 2.39. The van der Waals surface area contributed by atoms with Crippen LogP contribution in [0.25, 0.3) is 0 Å². The Morgan fingerprint density at radius 1 is 1.22 bits per heavy atom. The van der Waals surface area contributed by atoms with Gasteiger partial charge in [-0.25, -0.2) is 4.79 Å². The van der Waals surface area contributed by atoms with Crippen LogP contribution in [0.4, 0.5) is 4.79 Å². The summed E-state index contributed by atoms with van der Waals surface area (Å²) < 4.78 is 0. The fourth-order valence-corrected chi connectivity index (χ4v) is 2.39. The standard InChI is InChI=1S/C13H24N2O3/c1-3-10-4-6-11(7-5-10)8-14-13(18)15-9(2)12(16)17/h9-11H,3-8H2,1-2H3,(H,16,17)(H2,14,15,18). The second kappa shape index (κ2) is 7.24. The molecule has 0 aromatic heterocycles. The summed E-state index contributed by atoms with van der Waals surface area (Å²) >= 11 is 0. The number of carboxylic acid groups (broad SMARTS) is 1. The molecule has 0 aromatic carbocycles. The first kappa shape index (κ1) is 14.8. The normalized spacial score (nSPS) is 25.2. The van der Waals surface area contributed by atoms with Crippen molar-refractivity contribution in [3.63, 3.8) is 0 Å². The van der Waals surface area contributed by atoms with Gasteiger partial charge in [0.25, 0.3) is 0 Å². The van der Waals surface area contributed by atoms with E-state index in [-0.39, 0.29) is 6.03 Å². The zero-order valence-electron chi connectivity index (χ0n) is 11.2. The number of carbonyl (C=O) groups excluding carboxylic acids is 1. The molecule has 0 spiro atoms. The SMILES string of the molecule is CCC1CCC(CNC(=O)NC(C)C(=O)O)CC1. The van der Waals surface area contributed by atoms with Crippen molar-refractivity contribution in [2.24, 2.45) is 11.8 Å². The second-order valence-corrected chi connectivity index (χ2v) is 5.21. The maximum absolute atomic E-state index is 11.4. The summed E-state index contributed by atoms with van der Waals surface area (Å²) in [6.45, 7) is 4.33. The summed E-state index contributed by atoms with van der Waals surface area (Å²) in [5.74, 6) is 0.370. The number of carbonyl (C=O) groups is 2. The van der Waals surface area contributed by atoms with Crippen LogP contribution in [0.5, 0.6) is 0 Å². The van der Waals surface area contributed by atoms with Gasteiger partial charge < -0.3 is 15.7 Å². The highest BCUT2D eigenvalue weighted by Gasteiger charge is 2.21. The molecule has 1 unspecified atom stereocenters. The molecule has 1 fully saturated rings. The Morgan fingerprint density at radius 3 is 2.28 bits per heavy atom. The van der Waals surface area contributed by atoms with Crippen molar-refractivity contribution in [2.45, 2.75) is 52.0 Å². The lowest BCUT2D eigenvalue weighted by atomic mass is 9.81. The van der Waals surface area contributed by atoms with Gasteiger partial charge in [-0.05, 0) is 31.6 Å². The average molecular weight is 256 g/mol. The number of nitrogens with one attached hydrogen (secondary N) is 2. The lowest BCUT2D eigenvalue weighted by molar-refractivity contribution is -0.138. The van der Waals surface area contributed by atoms with Gasteiger partial charge >= 0.3 is 12.0 Å². The van der Waals surface area contributed by atoms with Crippen LogP contribution >= 0.6 is 0 Å². The smallest absolute Gasteiger partial charge is 0.325 e. The number of hydrogen-bond acceptors (Lipinski definition) is 2. The van der Waals surface area contributed by atoms with Gasteiger partial charge in [-0.1, -0.05) is 26.2 Å². The van der Waals surface area contributed by atoms with Gasteiger partial charge in [0.2, 0.25) is 0 Å². The van der Waals surface area contributed by atoms with Crippen molar-refractivity contribution in [3.05, 3.63) is 0 Å². The molecule has 1 saturated carbocycles. The maximum atomic E-state index is 11.4. The minimum Gasteiger partial charge on any atom is -0.480 e. The Hall–Kier alpha value is -1.26. The zero-order valence-corrected chi connectivity index (χ0v) is 11.2. The minimum atomic E-state index is -1.02. The molecule has 0 saturated heterocycles. The summed E-state index contributed by atoms with van der Waals surface area (Å²) in [5.41, 5.74) is 0. The first-order valence-corrected chi connectivity index (χ1v) is 6.80. The van der Waals surface area contributed by atoms with Crippen LogP contribution in [0, 0.1) is 11.8 Å². The highest BCUT2D eigenvalue weighted by Crippen LogP contribution is 2.29. The predicted molar refractivity (Wildman–Crippen MR) is 69.4 cm³/mol. The van der Waals surface area contributed by atoms with Crippen molar-refractivity contribution in [1.29, 1.82) is 0 Å². The molecule has 3 N–H and O–H groups in total. The number of amides is 2. The van der Waals surface area contributed by atoms with Gasteiger partial charge in [0, 0.05) is 6.54 Å². The van der Waals surface area contributed by atoms with Gasteiger partial charge in [0.1, 0.15) is 6.04 Å². The topological polar surface area (TPSA) is 78.4 Å². The van der Waals surface area contributed by atoms with Crippen LogP contribution < -0.4 is 10.6 Å². The van der Waals surface area contributed by atoms with E-state index in [4.69, 9.17) is 5.11 Å². The van der Waals surface area contributed by atoms with Gasteiger partial charge in [-0.2, -0.15) is 0 Å². The molecule has 5 heteroatoms. The summed E-state index contributed by atoms with van der Waals surface area (Å²) in [4.78, 5) is 22.0. The summed E-state index contributed by atoms with van der Waals surface area (Å²) in [5, 5.41) is 13.8. The molecule has 0 heterocycles. The van der Waals surface area contributed by atoms with Crippen LogP contribution in [0.2, 0.25) is 0 Å². The summed E-state index contributed by atoms with van der Waals surface area (Å²) in [6, 6.07) is -1.23. The summed E-state index contributed by atoms with van der Waals surface area (Å²) in [7, 11) is 0. The number of hydrogen-bond donors (Lipinski definition) is 3. The van der Waals surface area contributed by atoms with Gasteiger partial charge in [0.15, 0.2) is 0 Å². The Bertz CT molecular complexity index is 286. The van der Waals surface area contributed by atoms with Crippen LogP contribution in [0.15, 0.2) is 0 Å². The Balaban J connectivity index is 2.17. The molecule has 1 aliphatic carbocycles. The third-order valence-electron chi connectivity index (χ3n) is 3.81. The lowest BCUT2D eigenvalue weighted by Crippen LogP contribution is -2.45. The third-order valence-corrected chi connectivity index (χ3v) is 3.81. The Labute approximate surface area is 108 Å². The molecular weight excluding hydrogens is 232 g/mol. The fraction of sp³-hybridized carbons (Fsp3) is 0.846. The van der Waals surface area contributed by atoms with Crippen molar-refractivity contribution < 1.29 is 14.7 Å². The lowest BCUT2D eigenvalue weighted by Gasteiger charge is -2.27. The molecule has 18 heavy (non-hydrogen) atoms. The van der Waals surface area contributed by atoms with E-state index in [1.807, 2.05) is 0 Å². The van der Waals surface area contributed by atoms with Crippen LogP contribution in [-0.4, -0.2) is 29.7 Å². The molecule has 0 radical (unpaired) electrons. The van der Waals surface area contributed by atoms with Crippen molar-refractivity contribution in [1.82, 2.24) is 10.6 Å². The molecule has 104 valence electrons. The van der Waals surface area contributed by atoms with Crippen molar-refractivity contribution in [2.75, 3.05) is 6.54 Å². The minimum absolute atomic E-state index is 0.387. The molecule has 0 aromatic rings. The van der Waals surface area contributed by atoms with Gasteiger partial charge in [0.05, 0.1) is 0 Å². The number of rotatable bonds is 5. The average Bonchev–Trinajstić information content (AvgIpc) is 2.36. The van der Waals surface area contributed by atoms with E-state index >= 15 is 0 Å². The van der Waals surface area contributed by atoms with E-state index < -0.39 is 12.0 Å².